The lowest BCUT2D eigenvalue weighted by molar-refractivity contribution is 0.988. The predicted molar refractivity (Wildman–Crippen MR) is 69.5 cm³/mol. The standard InChI is InChI=1S/C13H13N5/c1-2-11(15-5-1)8-16-12-3-4-13(17-9-12)18-7-6-14-10-18/h1-7,9-10,15-16H,8H2. The molecule has 0 spiro atoms. The highest BCUT2D eigenvalue weighted by Crippen LogP contribution is 2.10. The molecule has 0 saturated heterocycles. The Morgan fingerprint density at radius 3 is 2.94 bits per heavy atom. The second-order valence-electron chi connectivity index (χ2n) is 3.92. The minimum absolute atomic E-state index is 0.763. The molecule has 0 amide bonds. The Balaban J connectivity index is 1.68. The Labute approximate surface area is 105 Å². The van der Waals surface area contributed by atoms with Crippen LogP contribution in [0.2, 0.25) is 0 Å². The van der Waals surface area contributed by atoms with E-state index in [1.54, 1.807) is 12.5 Å². The molecule has 5 nitrogen and oxygen atoms in total. The van der Waals surface area contributed by atoms with Gasteiger partial charge in [0.15, 0.2) is 0 Å². The molecule has 3 rings (SSSR count). The molecule has 3 aromatic heterocycles. The Bertz CT molecular complexity index is 581. The van der Waals surface area contributed by atoms with Gasteiger partial charge in [0.1, 0.15) is 12.1 Å². The Hall–Kier alpha value is -2.56. The summed E-state index contributed by atoms with van der Waals surface area (Å²) in [5.41, 5.74) is 2.14. The van der Waals surface area contributed by atoms with E-state index in [-0.39, 0.29) is 0 Å². The second-order valence-corrected chi connectivity index (χ2v) is 3.92. The third-order valence-corrected chi connectivity index (χ3v) is 2.66. The Morgan fingerprint density at radius 2 is 2.28 bits per heavy atom. The third kappa shape index (κ3) is 2.24. The number of imidazole rings is 1. The van der Waals surface area contributed by atoms with Gasteiger partial charge in [0.2, 0.25) is 0 Å². The molecule has 2 N–H and O–H groups in total. The van der Waals surface area contributed by atoms with Crippen LogP contribution in [0.25, 0.3) is 5.82 Å². The van der Waals surface area contributed by atoms with Crippen molar-refractivity contribution in [3.8, 4) is 5.82 Å². The van der Waals surface area contributed by atoms with Gasteiger partial charge in [-0.2, -0.15) is 0 Å². The maximum absolute atomic E-state index is 4.37. The number of H-pyrrole nitrogens is 1. The van der Waals surface area contributed by atoms with E-state index in [0.29, 0.717) is 0 Å². The summed E-state index contributed by atoms with van der Waals surface area (Å²) < 4.78 is 1.87. The van der Waals surface area contributed by atoms with E-state index in [4.69, 9.17) is 0 Å². The number of nitrogens with one attached hydrogen (secondary N) is 2. The molecule has 0 aliphatic heterocycles. The van der Waals surface area contributed by atoms with Gasteiger partial charge in [-0.05, 0) is 24.3 Å². The minimum atomic E-state index is 0.763. The molecule has 0 radical (unpaired) electrons. The minimum Gasteiger partial charge on any atom is -0.378 e. The largest absolute Gasteiger partial charge is 0.378 e. The molecular formula is C13H13N5. The molecule has 3 heterocycles. The zero-order valence-electron chi connectivity index (χ0n) is 9.74. The normalized spacial score (nSPS) is 10.4. The SMILES string of the molecule is c1c[nH]c(CNc2ccc(-n3ccnc3)nc2)c1. The fraction of sp³-hybridized carbons (Fsp3) is 0.0769. The maximum Gasteiger partial charge on any atom is 0.137 e. The first-order valence-electron chi connectivity index (χ1n) is 5.72. The molecule has 90 valence electrons. The highest BCUT2D eigenvalue weighted by atomic mass is 15.1. The van der Waals surface area contributed by atoms with Crippen molar-refractivity contribution < 1.29 is 0 Å². The number of hydrogen-bond acceptors (Lipinski definition) is 3. The number of anilines is 1. The summed E-state index contributed by atoms with van der Waals surface area (Å²) in [6, 6.07) is 7.99. The van der Waals surface area contributed by atoms with E-state index >= 15 is 0 Å². The van der Waals surface area contributed by atoms with Crippen LogP contribution in [0, 0.1) is 0 Å². The van der Waals surface area contributed by atoms with Crippen LogP contribution in [0.3, 0.4) is 0 Å². The molecule has 0 aliphatic rings. The van der Waals surface area contributed by atoms with Gasteiger partial charge in [-0.15, -0.1) is 0 Å². The number of nitrogens with zero attached hydrogens (tertiary/aromatic N) is 3. The van der Waals surface area contributed by atoms with Gasteiger partial charge in [-0.1, -0.05) is 0 Å². The van der Waals surface area contributed by atoms with Crippen LogP contribution in [0.15, 0.2) is 55.4 Å². The lowest BCUT2D eigenvalue weighted by Crippen LogP contribution is -2.01. The van der Waals surface area contributed by atoms with Crippen molar-refractivity contribution in [2.45, 2.75) is 6.54 Å². The Kier molecular flexibility index (Phi) is 2.79. The molecule has 3 aromatic rings. The highest BCUT2D eigenvalue weighted by Gasteiger charge is 1.98. The van der Waals surface area contributed by atoms with Crippen molar-refractivity contribution in [3.63, 3.8) is 0 Å². The van der Waals surface area contributed by atoms with Gasteiger partial charge in [0.25, 0.3) is 0 Å². The summed E-state index contributed by atoms with van der Waals surface area (Å²) in [7, 11) is 0. The molecule has 0 aromatic carbocycles. The number of rotatable bonds is 4. The van der Waals surface area contributed by atoms with Crippen LogP contribution in [-0.2, 0) is 6.54 Å². The van der Waals surface area contributed by atoms with Crippen molar-refractivity contribution in [1.82, 2.24) is 19.5 Å². The fourth-order valence-corrected chi connectivity index (χ4v) is 1.71. The van der Waals surface area contributed by atoms with Crippen molar-refractivity contribution in [3.05, 3.63) is 61.1 Å². The topological polar surface area (TPSA) is 58.5 Å². The maximum atomic E-state index is 4.37. The van der Waals surface area contributed by atoms with Crippen molar-refractivity contribution >= 4 is 5.69 Å². The molecule has 0 atom stereocenters. The number of aromatic amines is 1. The smallest absolute Gasteiger partial charge is 0.137 e. The number of pyridine rings is 1. The van der Waals surface area contributed by atoms with Crippen molar-refractivity contribution in [1.29, 1.82) is 0 Å². The number of aromatic nitrogens is 4. The molecule has 0 aliphatic carbocycles. The Morgan fingerprint density at radius 1 is 1.28 bits per heavy atom. The predicted octanol–water partition coefficient (Wildman–Crippen LogP) is 2.21. The summed E-state index contributed by atoms with van der Waals surface area (Å²) >= 11 is 0. The lowest BCUT2D eigenvalue weighted by atomic mass is 10.3. The van der Waals surface area contributed by atoms with E-state index in [1.807, 2.05) is 47.4 Å². The average molecular weight is 239 g/mol. The molecule has 5 heteroatoms. The van der Waals surface area contributed by atoms with Gasteiger partial charge in [0.05, 0.1) is 18.4 Å². The summed E-state index contributed by atoms with van der Waals surface area (Å²) in [5, 5.41) is 3.30. The average Bonchev–Trinajstić information content (AvgIpc) is 3.10. The van der Waals surface area contributed by atoms with Crippen LogP contribution in [-0.4, -0.2) is 19.5 Å². The van der Waals surface area contributed by atoms with Gasteiger partial charge in [-0.25, -0.2) is 9.97 Å². The first-order chi connectivity index (χ1) is 8.92. The van der Waals surface area contributed by atoms with Gasteiger partial charge in [0, 0.05) is 24.3 Å². The van der Waals surface area contributed by atoms with Gasteiger partial charge < -0.3 is 10.3 Å². The van der Waals surface area contributed by atoms with Crippen LogP contribution < -0.4 is 5.32 Å². The van der Waals surface area contributed by atoms with Crippen LogP contribution in [0.4, 0.5) is 5.69 Å². The molecule has 0 unspecified atom stereocenters. The highest BCUT2D eigenvalue weighted by molar-refractivity contribution is 5.43. The quantitative estimate of drug-likeness (QED) is 0.733. The van der Waals surface area contributed by atoms with E-state index < -0.39 is 0 Å². The summed E-state index contributed by atoms with van der Waals surface area (Å²) in [4.78, 5) is 11.5. The third-order valence-electron chi connectivity index (χ3n) is 2.66. The van der Waals surface area contributed by atoms with Crippen molar-refractivity contribution in [2.75, 3.05) is 5.32 Å². The molecular weight excluding hydrogens is 226 g/mol. The lowest BCUT2D eigenvalue weighted by Gasteiger charge is -2.06. The zero-order chi connectivity index (χ0) is 12.2. The van der Waals surface area contributed by atoms with Crippen LogP contribution in [0.5, 0.6) is 0 Å². The monoisotopic (exact) mass is 239 g/mol. The van der Waals surface area contributed by atoms with E-state index in [1.165, 1.54) is 0 Å². The first kappa shape index (κ1) is 10.6. The zero-order valence-corrected chi connectivity index (χ0v) is 9.74. The van der Waals surface area contributed by atoms with E-state index in [9.17, 15) is 0 Å². The van der Waals surface area contributed by atoms with Gasteiger partial charge >= 0.3 is 0 Å². The molecule has 0 bridgehead atoms. The molecule has 0 fully saturated rings. The second kappa shape index (κ2) is 4.75. The van der Waals surface area contributed by atoms with Crippen LogP contribution in [0.1, 0.15) is 5.69 Å². The fourth-order valence-electron chi connectivity index (χ4n) is 1.71. The summed E-state index contributed by atoms with van der Waals surface area (Å²) in [6.45, 7) is 0.763. The van der Waals surface area contributed by atoms with Crippen molar-refractivity contribution in [2.24, 2.45) is 0 Å². The molecule has 0 saturated carbocycles. The summed E-state index contributed by atoms with van der Waals surface area (Å²) in [5.74, 6) is 0.859. The van der Waals surface area contributed by atoms with Gasteiger partial charge in [-0.3, -0.25) is 4.57 Å². The van der Waals surface area contributed by atoms with Crippen LogP contribution >= 0.6 is 0 Å². The summed E-state index contributed by atoms with van der Waals surface area (Å²) in [6.07, 6.45) is 9.07. The molecule has 18 heavy (non-hydrogen) atoms. The first-order valence-corrected chi connectivity index (χ1v) is 5.72. The van der Waals surface area contributed by atoms with E-state index in [0.717, 1.165) is 23.7 Å². The van der Waals surface area contributed by atoms with E-state index in [2.05, 4.69) is 20.3 Å². The number of hydrogen-bond donors (Lipinski definition) is 2.